The van der Waals surface area contributed by atoms with Crippen LogP contribution in [-0.2, 0) is 9.53 Å². The predicted molar refractivity (Wildman–Crippen MR) is 66.8 cm³/mol. The minimum absolute atomic E-state index is 0.0781. The lowest BCUT2D eigenvalue weighted by Crippen LogP contribution is -2.50. The molecule has 0 atom stereocenters. The third-order valence-corrected chi connectivity index (χ3v) is 2.91. The van der Waals surface area contributed by atoms with E-state index in [4.69, 9.17) is 10.5 Å². The predicted octanol–water partition coefficient (Wildman–Crippen LogP) is -1.67. The molecule has 0 unspecified atom stereocenters. The van der Waals surface area contributed by atoms with Gasteiger partial charge in [-0.25, -0.2) is 0 Å². The minimum atomic E-state index is 0.0781. The molecule has 1 aliphatic rings. The van der Waals surface area contributed by atoms with Crippen molar-refractivity contribution in [2.45, 2.75) is 0 Å². The number of hydrogen-bond donors (Lipinski definition) is 2. The Kier molecular flexibility index (Phi) is 7.11. The van der Waals surface area contributed by atoms with Gasteiger partial charge in [0.1, 0.15) is 0 Å². The number of ether oxygens (including phenoxy) is 1. The summed E-state index contributed by atoms with van der Waals surface area (Å²) in [6.07, 6.45) is 0. The van der Waals surface area contributed by atoms with Crippen LogP contribution in [0.3, 0.4) is 0 Å². The Labute approximate surface area is 103 Å². The highest BCUT2D eigenvalue weighted by Gasteiger charge is 2.17. The number of nitrogens with zero attached hydrogens (tertiary/aromatic N) is 2. The molecule has 17 heavy (non-hydrogen) atoms. The van der Waals surface area contributed by atoms with E-state index in [0.29, 0.717) is 26.2 Å². The molecule has 100 valence electrons. The molecule has 1 heterocycles. The molecular weight excluding hydrogens is 220 g/mol. The molecule has 0 aromatic carbocycles. The quantitative estimate of drug-likeness (QED) is 0.524. The number of nitrogens with two attached hydrogens (primary N) is 1. The largest absolute Gasteiger partial charge is 0.383 e. The molecule has 1 rings (SSSR count). The lowest BCUT2D eigenvalue weighted by molar-refractivity contribution is -0.122. The molecule has 6 nitrogen and oxygen atoms in total. The number of carbonyl (C=O) groups is 1. The first kappa shape index (κ1) is 14.4. The van der Waals surface area contributed by atoms with Crippen molar-refractivity contribution >= 4 is 5.91 Å². The van der Waals surface area contributed by atoms with Crippen LogP contribution in [0.25, 0.3) is 0 Å². The molecule has 0 aromatic heterocycles. The van der Waals surface area contributed by atoms with Crippen LogP contribution in [0.4, 0.5) is 0 Å². The van der Waals surface area contributed by atoms with Gasteiger partial charge in [-0.3, -0.25) is 14.6 Å². The second-order valence-corrected chi connectivity index (χ2v) is 4.25. The number of amides is 1. The number of methoxy groups -OCH3 is 1. The summed E-state index contributed by atoms with van der Waals surface area (Å²) in [5, 5.41) is 2.83. The van der Waals surface area contributed by atoms with Gasteiger partial charge in [0.15, 0.2) is 0 Å². The van der Waals surface area contributed by atoms with Crippen LogP contribution in [0.1, 0.15) is 0 Å². The van der Waals surface area contributed by atoms with Gasteiger partial charge in [-0.1, -0.05) is 0 Å². The second-order valence-electron chi connectivity index (χ2n) is 4.25. The maximum atomic E-state index is 11.6. The molecule has 0 aliphatic carbocycles. The van der Waals surface area contributed by atoms with Crippen LogP contribution in [-0.4, -0.2) is 81.8 Å². The Hall–Kier alpha value is -0.690. The SMILES string of the molecule is COCCNC(=O)CN1CCN(CCN)CC1. The average molecular weight is 244 g/mol. The van der Waals surface area contributed by atoms with Crippen LogP contribution < -0.4 is 11.1 Å². The highest BCUT2D eigenvalue weighted by atomic mass is 16.5. The maximum absolute atomic E-state index is 11.6. The van der Waals surface area contributed by atoms with Crippen LogP contribution in [0.5, 0.6) is 0 Å². The zero-order valence-corrected chi connectivity index (χ0v) is 10.7. The molecular formula is C11H24N4O2. The Morgan fingerprint density at radius 2 is 1.94 bits per heavy atom. The zero-order valence-electron chi connectivity index (χ0n) is 10.7. The molecule has 0 saturated carbocycles. The van der Waals surface area contributed by atoms with Crippen LogP contribution >= 0.6 is 0 Å². The summed E-state index contributed by atoms with van der Waals surface area (Å²) >= 11 is 0. The Balaban J connectivity index is 2.10. The van der Waals surface area contributed by atoms with Gasteiger partial charge >= 0.3 is 0 Å². The van der Waals surface area contributed by atoms with Gasteiger partial charge in [0, 0.05) is 52.9 Å². The van der Waals surface area contributed by atoms with Crippen molar-refractivity contribution in [1.29, 1.82) is 0 Å². The van der Waals surface area contributed by atoms with Crippen molar-refractivity contribution in [1.82, 2.24) is 15.1 Å². The molecule has 1 amide bonds. The summed E-state index contributed by atoms with van der Waals surface area (Å²) in [4.78, 5) is 16.1. The van der Waals surface area contributed by atoms with Crippen LogP contribution in [0.15, 0.2) is 0 Å². The van der Waals surface area contributed by atoms with Gasteiger partial charge in [0.25, 0.3) is 0 Å². The van der Waals surface area contributed by atoms with E-state index in [1.807, 2.05) is 0 Å². The highest BCUT2D eigenvalue weighted by molar-refractivity contribution is 5.77. The van der Waals surface area contributed by atoms with E-state index >= 15 is 0 Å². The Morgan fingerprint density at radius 3 is 2.53 bits per heavy atom. The summed E-state index contributed by atoms with van der Waals surface area (Å²) < 4.78 is 4.88. The number of piperazine rings is 1. The monoisotopic (exact) mass is 244 g/mol. The molecule has 1 fully saturated rings. The highest BCUT2D eigenvalue weighted by Crippen LogP contribution is 2.00. The topological polar surface area (TPSA) is 70.8 Å². The van der Waals surface area contributed by atoms with Crippen molar-refractivity contribution < 1.29 is 9.53 Å². The van der Waals surface area contributed by atoms with Crippen molar-refractivity contribution in [3.8, 4) is 0 Å². The maximum Gasteiger partial charge on any atom is 0.234 e. The fourth-order valence-corrected chi connectivity index (χ4v) is 1.91. The standard InChI is InChI=1S/C11H24N4O2/c1-17-9-3-13-11(16)10-15-7-5-14(4-2-12)6-8-15/h2-10,12H2,1H3,(H,13,16). The molecule has 6 heteroatoms. The summed E-state index contributed by atoms with van der Waals surface area (Å²) in [5.74, 6) is 0.0781. The first-order valence-corrected chi connectivity index (χ1v) is 6.16. The first-order chi connectivity index (χ1) is 8.26. The molecule has 0 bridgehead atoms. The van der Waals surface area contributed by atoms with Crippen LogP contribution in [0.2, 0.25) is 0 Å². The fraction of sp³-hybridized carbons (Fsp3) is 0.909. The Bertz CT molecular complexity index is 218. The summed E-state index contributed by atoms with van der Waals surface area (Å²) in [6, 6.07) is 0. The third kappa shape index (κ3) is 5.97. The van der Waals surface area contributed by atoms with Crippen molar-refractivity contribution in [2.75, 3.05) is 66.1 Å². The lowest BCUT2D eigenvalue weighted by Gasteiger charge is -2.33. The van der Waals surface area contributed by atoms with Gasteiger partial charge in [0.2, 0.25) is 5.91 Å². The number of hydrogen-bond acceptors (Lipinski definition) is 5. The normalized spacial score (nSPS) is 18.2. The van der Waals surface area contributed by atoms with E-state index in [9.17, 15) is 4.79 Å². The van der Waals surface area contributed by atoms with Gasteiger partial charge in [-0.2, -0.15) is 0 Å². The van der Waals surface area contributed by atoms with Crippen molar-refractivity contribution in [3.63, 3.8) is 0 Å². The fourth-order valence-electron chi connectivity index (χ4n) is 1.91. The third-order valence-electron chi connectivity index (χ3n) is 2.91. The smallest absolute Gasteiger partial charge is 0.234 e. The van der Waals surface area contributed by atoms with E-state index in [-0.39, 0.29) is 5.91 Å². The van der Waals surface area contributed by atoms with Gasteiger partial charge in [0.05, 0.1) is 13.2 Å². The number of carbonyl (C=O) groups excluding carboxylic acids is 1. The minimum Gasteiger partial charge on any atom is -0.383 e. The summed E-state index contributed by atoms with van der Waals surface area (Å²) in [5.41, 5.74) is 5.51. The van der Waals surface area contributed by atoms with Crippen LogP contribution in [0, 0.1) is 0 Å². The first-order valence-electron chi connectivity index (χ1n) is 6.16. The lowest BCUT2D eigenvalue weighted by atomic mass is 10.3. The summed E-state index contributed by atoms with van der Waals surface area (Å²) in [7, 11) is 1.63. The second kappa shape index (κ2) is 8.41. The van der Waals surface area contributed by atoms with Crippen molar-refractivity contribution in [3.05, 3.63) is 0 Å². The molecule has 0 aromatic rings. The van der Waals surface area contributed by atoms with E-state index in [1.54, 1.807) is 7.11 Å². The van der Waals surface area contributed by atoms with E-state index in [2.05, 4.69) is 15.1 Å². The van der Waals surface area contributed by atoms with E-state index < -0.39 is 0 Å². The summed E-state index contributed by atoms with van der Waals surface area (Å²) in [6.45, 7) is 7.19. The molecule has 0 radical (unpaired) electrons. The molecule has 1 aliphatic heterocycles. The van der Waals surface area contributed by atoms with E-state index in [1.165, 1.54) is 0 Å². The van der Waals surface area contributed by atoms with Gasteiger partial charge < -0.3 is 15.8 Å². The number of nitrogens with one attached hydrogen (secondary N) is 1. The molecule has 1 saturated heterocycles. The average Bonchev–Trinajstić information content (AvgIpc) is 2.32. The van der Waals surface area contributed by atoms with E-state index in [0.717, 1.165) is 32.7 Å². The zero-order chi connectivity index (χ0) is 12.5. The van der Waals surface area contributed by atoms with Gasteiger partial charge in [-0.15, -0.1) is 0 Å². The number of rotatable bonds is 7. The molecule has 3 N–H and O–H groups in total. The Morgan fingerprint density at radius 1 is 1.29 bits per heavy atom. The van der Waals surface area contributed by atoms with Gasteiger partial charge in [-0.05, 0) is 0 Å². The van der Waals surface area contributed by atoms with Crippen molar-refractivity contribution in [2.24, 2.45) is 5.73 Å². The molecule has 0 spiro atoms.